The highest BCUT2D eigenvalue weighted by atomic mass is 16.3. The minimum atomic E-state index is -0.264. The molecule has 0 unspecified atom stereocenters. The second kappa shape index (κ2) is 5.26. The first-order valence-corrected chi connectivity index (χ1v) is 6.34. The van der Waals surface area contributed by atoms with Gasteiger partial charge < -0.3 is 9.73 Å². The van der Waals surface area contributed by atoms with Gasteiger partial charge in [0.15, 0.2) is 12.1 Å². The molecule has 6 nitrogen and oxygen atoms in total. The van der Waals surface area contributed by atoms with E-state index in [1.165, 1.54) is 6.39 Å². The molecule has 0 bridgehead atoms. The lowest BCUT2D eigenvalue weighted by atomic mass is 10.2. The summed E-state index contributed by atoms with van der Waals surface area (Å²) in [6, 6.07) is 0. The third kappa shape index (κ3) is 2.38. The van der Waals surface area contributed by atoms with Crippen LogP contribution in [0.15, 0.2) is 10.8 Å². The number of hydrogen-bond acceptors (Lipinski definition) is 4. The molecule has 0 saturated heterocycles. The number of carbonyl (C=O) groups excluding carboxylic acids is 1. The third-order valence-corrected chi connectivity index (χ3v) is 3.13. The summed E-state index contributed by atoms with van der Waals surface area (Å²) in [5.41, 5.74) is 2.30. The van der Waals surface area contributed by atoms with E-state index >= 15 is 0 Å². The zero-order chi connectivity index (χ0) is 14.0. The van der Waals surface area contributed by atoms with E-state index in [0.717, 1.165) is 17.7 Å². The molecular formula is C13H18N4O2. The summed E-state index contributed by atoms with van der Waals surface area (Å²) in [7, 11) is 1.81. The van der Waals surface area contributed by atoms with Gasteiger partial charge in [0, 0.05) is 19.0 Å². The summed E-state index contributed by atoms with van der Waals surface area (Å²) in [6.07, 6.45) is 2.76. The maximum absolute atomic E-state index is 12.2. The molecule has 0 radical (unpaired) electrons. The molecular weight excluding hydrogens is 244 g/mol. The Balaban J connectivity index is 2.27. The van der Waals surface area contributed by atoms with E-state index < -0.39 is 0 Å². The zero-order valence-electron chi connectivity index (χ0n) is 11.6. The van der Waals surface area contributed by atoms with Crippen LogP contribution in [0.3, 0.4) is 0 Å². The monoisotopic (exact) mass is 262 g/mol. The Bertz CT molecular complexity index is 598. The van der Waals surface area contributed by atoms with Crippen LogP contribution in [-0.4, -0.2) is 20.7 Å². The van der Waals surface area contributed by atoms with Crippen molar-refractivity contribution in [2.24, 2.45) is 7.05 Å². The highest BCUT2D eigenvalue weighted by Gasteiger charge is 2.19. The number of aryl methyl sites for hydroxylation is 3. The predicted octanol–water partition coefficient (Wildman–Crippen LogP) is 2.09. The minimum Gasteiger partial charge on any atom is -0.448 e. The highest BCUT2D eigenvalue weighted by molar-refractivity contribution is 6.03. The largest absolute Gasteiger partial charge is 0.448 e. The zero-order valence-corrected chi connectivity index (χ0v) is 11.6. The van der Waals surface area contributed by atoms with Crippen LogP contribution in [0.1, 0.15) is 41.4 Å². The van der Waals surface area contributed by atoms with E-state index in [0.29, 0.717) is 23.7 Å². The number of hydrogen-bond donors (Lipinski definition) is 1. The molecule has 0 fully saturated rings. The smallest absolute Gasteiger partial charge is 0.279 e. The number of nitrogens with zero attached hydrogens (tertiary/aromatic N) is 3. The van der Waals surface area contributed by atoms with Crippen molar-refractivity contribution in [2.75, 3.05) is 5.32 Å². The van der Waals surface area contributed by atoms with Crippen LogP contribution in [-0.2, 0) is 19.9 Å². The number of amides is 1. The average molecular weight is 262 g/mol. The van der Waals surface area contributed by atoms with Crippen LogP contribution in [0.4, 0.5) is 5.82 Å². The quantitative estimate of drug-likeness (QED) is 0.915. The van der Waals surface area contributed by atoms with Crippen LogP contribution in [0, 0.1) is 6.92 Å². The lowest BCUT2D eigenvalue weighted by molar-refractivity contribution is 0.102. The standard InChI is InChI=1S/C13H18N4O2/c1-5-9-8(3)12(17(4)16-9)15-13(18)11-10(6-2)19-7-14-11/h7H,5-6H2,1-4H3,(H,15,18). The normalized spacial score (nSPS) is 10.7. The van der Waals surface area contributed by atoms with Crippen LogP contribution in [0.5, 0.6) is 0 Å². The van der Waals surface area contributed by atoms with Crippen molar-refractivity contribution in [2.45, 2.75) is 33.6 Å². The summed E-state index contributed by atoms with van der Waals surface area (Å²) < 4.78 is 6.84. The lowest BCUT2D eigenvalue weighted by Crippen LogP contribution is -2.17. The van der Waals surface area contributed by atoms with Gasteiger partial charge in [-0.3, -0.25) is 9.48 Å². The van der Waals surface area contributed by atoms with Crippen molar-refractivity contribution >= 4 is 11.7 Å². The SMILES string of the molecule is CCc1nn(C)c(NC(=O)c2ncoc2CC)c1C. The summed E-state index contributed by atoms with van der Waals surface area (Å²) in [5, 5.41) is 7.21. The fourth-order valence-corrected chi connectivity index (χ4v) is 2.07. The van der Waals surface area contributed by atoms with Crippen LogP contribution >= 0.6 is 0 Å². The Labute approximate surface area is 111 Å². The van der Waals surface area contributed by atoms with Crippen LogP contribution < -0.4 is 5.32 Å². The van der Waals surface area contributed by atoms with Crippen molar-refractivity contribution < 1.29 is 9.21 Å². The summed E-state index contributed by atoms with van der Waals surface area (Å²) >= 11 is 0. The fraction of sp³-hybridized carbons (Fsp3) is 0.462. The van der Waals surface area contributed by atoms with E-state index in [1.54, 1.807) is 4.68 Å². The lowest BCUT2D eigenvalue weighted by Gasteiger charge is -2.05. The molecule has 1 amide bonds. The second-order valence-corrected chi connectivity index (χ2v) is 4.33. The summed E-state index contributed by atoms with van der Waals surface area (Å²) in [4.78, 5) is 16.1. The number of anilines is 1. The second-order valence-electron chi connectivity index (χ2n) is 4.33. The van der Waals surface area contributed by atoms with Crippen molar-refractivity contribution in [3.05, 3.63) is 29.1 Å². The van der Waals surface area contributed by atoms with E-state index in [1.807, 2.05) is 27.8 Å². The van der Waals surface area contributed by atoms with Gasteiger partial charge in [-0.05, 0) is 13.3 Å². The van der Waals surface area contributed by atoms with Gasteiger partial charge in [-0.1, -0.05) is 13.8 Å². The van der Waals surface area contributed by atoms with Gasteiger partial charge >= 0.3 is 0 Å². The fourth-order valence-electron chi connectivity index (χ4n) is 2.07. The molecule has 2 aromatic heterocycles. The molecule has 1 N–H and O–H groups in total. The van der Waals surface area contributed by atoms with Gasteiger partial charge in [-0.25, -0.2) is 4.98 Å². The first-order chi connectivity index (χ1) is 9.08. The van der Waals surface area contributed by atoms with E-state index in [-0.39, 0.29) is 5.91 Å². The molecule has 102 valence electrons. The maximum Gasteiger partial charge on any atom is 0.279 e. The molecule has 19 heavy (non-hydrogen) atoms. The number of carbonyl (C=O) groups is 1. The van der Waals surface area contributed by atoms with Gasteiger partial charge in [0.2, 0.25) is 0 Å². The topological polar surface area (TPSA) is 73.0 Å². The molecule has 0 aliphatic carbocycles. The van der Waals surface area contributed by atoms with Crippen molar-refractivity contribution in [1.29, 1.82) is 0 Å². The Morgan fingerprint density at radius 1 is 1.42 bits per heavy atom. The molecule has 6 heteroatoms. The number of oxazole rings is 1. The average Bonchev–Trinajstić information content (AvgIpc) is 2.97. The maximum atomic E-state index is 12.2. The van der Waals surface area contributed by atoms with Crippen molar-refractivity contribution in [1.82, 2.24) is 14.8 Å². The number of rotatable bonds is 4. The van der Waals surface area contributed by atoms with Gasteiger partial charge in [0.1, 0.15) is 11.6 Å². The molecule has 0 saturated carbocycles. The van der Waals surface area contributed by atoms with Crippen molar-refractivity contribution in [3.63, 3.8) is 0 Å². The first kappa shape index (κ1) is 13.3. The number of nitrogens with one attached hydrogen (secondary N) is 1. The molecule has 0 aliphatic heterocycles. The van der Waals surface area contributed by atoms with E-state index in [2.05, 4.69) is 15.4 Å². The molecule has 2 rings (SSSR count). The van der Waals surface area contributed by atoms with Crippen LogP contribution in [0.25, 0.3) is 0 Å². The third-order valence-electron chi connectivity index (χ3n) is 3.13. The Hall–Kier alpha value is -2.11. The Kier molecular flexibility index (Phi) is 3.69. The Morgan fingerprint density at radius 2 is 2.16 bits per heavy atom. The molecule has 0 aromatic carbocycles. The number of aromatic nitrogens is 3. The summed E-state index contributed by atoms with van der Waals surface area (Å²) in [5.74, 6) is 1.03. The van der Waals surface area contributed by atoms with Gasteiger partial charge in [0.05, 0.1) is 5.69 Å². The Morgan fingerprint density at radius 3 is 2.74 bits per heavy atom. The first-order valence-electron chi connectivity index (χ1n) is 6.34. The van der Waals surface area contributed by atoms with Crippen LogP contribution in [0.2, 0.25) is 0 Å². The molecule has 0 spiro atoms. The molecule has 0 atom stereocenters. The van der Waals surface area contributed by atoms with E-state index in [9.17, 15) is 4.79 Å². The van der Waals surface area contributed by atoms with Gasteiger partial charge in [0.25, 0.3) is 5.91 Å². The van der Waals surface area contributed by atoms with Gasteiger partial charge in [-0.15, -0.1) is 0 Å². The predicted molar refractivity (Wildman–Crippen MR) is 71.2 cm³/mol. The minimum absolute atomic E-state index is 0.264. The van der Waals surface area contributed by atoms with Crippen molar-refractivity contribution in [3.8, 4) is 0 Å². The molecule has 2 heterocycles. The van der Waals surface area contributed by atoms with E-state index in [4.69, 9.17) is 4.42 Å². The molecule has 2 aromatic rings. The molecule has 0 aliphatic rings. The highest BCUT2D eigenvalue weighted by Crippen LogP contribution is 2.19. The summed E-state index contributed by atoms with van der Waals surface area (Å²) in [6.45, 7) is 5.90. The van der Waals surface area contributed by atoms with Gasteiger partial charge in [-0.2, -0.15) is 5.10 Å².